The molecule has 0 radical (unpaired) electrons. The molecule has 2 atom stereocenters. The molecular formula is C28H31N3O8S. The Morgan fingerprint density at radius 1 is 1.12 bits per heavy atom. The number of carbonyl (C=O) groups excluding carboxylic acids is 1. The van der Waals surface area contributed by atoms with Crippen molar-refractivity contribution in [3.05, 3.63) is 76.9 Å². The standard InChI is InChI=1S/C28H31N3O8S/c1-16-9-22(40(29,37)38)4-6-23(16)20-10-18(11-21(32)12-20)14-31-7-8-39-15-25(31)27(34)30-17(2)19-3-5-24(28(35)36)26(33)13-19/h3-6,9-13,17,25,32-33H,7-8,14-15H2,1-2H3,(H,30,34)(H,35,36)(H2,29,37,38)/t17-,25+/m0/s1. The number of primary sulfonamides is 1. The third-order valence-electron chi connectivity index (χ3n) is 6.85. The van der Waals surface area contributed by atoms with E-state index in [1.165, 1.54) is 30.3 Å². The molecule has 0 spiro atoms. The summed E-state index contributed by atoms with van der Waals surface area (Å²) in [6, 6.07) is 12.6. The summed E-state index contributed by atoms with van der Waals surface area (Å²) in [4.78, 5) is 26.4. The van der Waals surface area contributed by atoms with Gasteiger partial charge in [-0.15, -0.1) is 0 Å². The van der Waals surface area contributed by atoms with Gasteiger partial charge in [-0.1, -0.05) is 12.1 Å². The number of rotatable bonds is 8. The molecule has 6 N–H and O–H groups in total. The molecule has 212 valence electrons. The molecule has 1 saturated heterocycles. The summed E-state index contributed by atoms with van der Waals surface area (Å²) in [6.45, 7) is 4.86. The number of phenolic OH excluding ortho intramolecular Hbond substituents is 1. The molecule has 0 unspecified atom stereocenters. The van der Waals surface area contributed by atoms with Crippen LogP contribution in [0.3, 0.4) is 0 Å². The number of aromatic hydroxyl groups is 2. The predicted molar refractivity (Wildman–Crippen MR) is 146 cm³/mol. The van der Waals surface area contributed by atoms with E-state index in [1.54, 1.807) is 32.0 Å². The molecule has 1 aliphatic rings. The van der Waals surface area contributed by atoms with E-state index in [1.807, 2.05) is 11.0 Å². The Hall–Kier alpha value is -3.97. The van der Waals surface area contributed by atoms with E-state index >= 15 is 0 Å². The van der Waals surface area contributed by atoms with Gasteiger partial charge in [0, 0.05) is 13.1 Å². The predicted octanol–water partition coefficient (Wildman–Crippen LogP) is 2.50. The van der Waals surface area contributed by atoms with E-state index in [4.69, 9.17) is 15.0 Å². The van der Waals surface area contributed by atoms with Gasteiger partial charge in [0.25, 0.3) is 0 Å². The largest absolute Gasteiger partial charge is 0.508 e. The number of amides is 1. The second-order valence-corrected chi connectivity index (χ2v) is 11.3. The number of aromatic carboxylic acids is 1. The van der Waals surface area contributed by atoms with Crippen molar-refractivity contribution in [3.63, 3.8) is 0 Å². The van der Waals surface area contributed by atoms with Crippen LogP contribution in [0.15, 0.2) is 59.5 Å². The van der Waals surface area contributed by atoms with Crippen molar-refractivity contribution in [1.29, 1.82) is 0 Å². The minimum Gasteiger partial charge on any atom is -0.508 e. The summed E-state index contributed by atoms with van der Waals surface area (Å²) in [7, 11) is -3.85. The highest BCUT2D eigenvalue weighted by molar-refractivity contribution is 7.89. The van der Waals surface area contributed by atoms with Gasteiger partial charge in [0.15, 0.2) is 0 Å². The van der Waals surface area contributed by atoms with E-state index in [0.29, 0.717) is 36.4 Å². The second kappa shape index (κ2) is 11.6. The molecule has 40 heavy (non-hydrogen) atoms. The molecular weight excluding hydrogens is 538 g/mol. The summed E-state index contributed by atoms with van der Waals surface area (Å²) < 4.78 is 29.0. The quantitative estimate of drug-likeness (QED) is 0.272. The zero-order valence-corrected chi connectivity index (χ0v) is 22.8. The SMILES string of the molecule is Cc1cc(S(N)(=O)=O)ccc1-c1cc(O)cc(CN2CCOC[C@@H]2C(=O)N[C@@H](C)c2ccc(C(=O)O)c(O)c2)c1. The zero-order chi connectivity index (χ0) is 29.2. The highest BCUT2D eigenvalue weighted by Crippen LogP contribution is 2.30. The van der Waals surface area contributed by atoms with Gasteiger partial charge in [-0.2, -0.15) is 0 Å². The summed E-state index contributed by atoms with van der Waals surface area (Å²) in [5.74, 6) is -1.91. The van der Waals surface area contributed by atoms with Crippen molar-refractivity contribution in [2.45, 2.75) is 37.4 Å². The number of hydrogen-bond acceptors (Lipinski definition) is 8. The number of carboxylic acid groups (broad SMARTS) is 1. The molecule has 1 aliphatic heterocycles. The molecule has 12 heteroatoms. The van der Waals surface area contributed by atoms with Crippen molar-refractivity contribution < 1.29 is 38.1 Å². The number of nitrogens with two attached hydrogens (primary N) is 1. The molecule has 0 saturated carbocycles. The smallest absolute Gasteiger partial charge is 0.339 e. The van der Waals surface area contributed by atoms with E-state index in [0.717, 1.165) is 11.1 Å². The van der Waals surface area contributed by atoms with Crippen molar-refractivity contribution >= 4 is 21.9 Å². The highest BCUT2D eigenvalue weighted by Gasteiger charge is 2.30. The van der Waals surface area contributed by atoms with Gasteiger partial charge in [-0.3, -0.25) is 9.69 Å². The molecule has 1 fully saturated rings. The van der Waals surface area contributed by atoms with Crippen LogP contribution in [0.5, 0.6) is 11.5 Å². The molecule has 1 amide bonds. The number of ether oxygens (including phenoxy) is 1. The van der Waals surface area contributed by atoms with Gasteiger partial charge in [0.1, 0.15) is 23.1 Å². The van der Waals surface area contributed by atoms with Crippen molar-refractivity contribution in [3.8, 4) is 22.6 Å². The first-order chi connectivity index (χ1) is 18.8. The van der Waals surface area contributed by atoms with Crippen LogP contribution < -0.4 is 10.5 Å². The van der Waals surface area contributed by atoms with E-state index < -0.39 is 28.1 Å². The Labute approximate surface area is 231 Å². The van der Waals surface area contributed by atoms with E-state index in [-0.39, 0.29) is 34.5 Å². The summed E-state index contributed by atoms with van der Waals surface area (Å²) in [6.07, 6.45) is 0. The number of benzene rings is 3. The molecule has 3 aromatic carbocycles. The lowest BCUT2D eigenvalue weighted by Crippen LogP contribution is -2.53. The number of carboxylic acids is 1. The fourth-order valence-electron chi connectivity index (χ4n) is 4.75. The average Bonchev–Trinajstić information content (AvgIpc) is 2.87. The number of carbonyl (C=O) groups is 2. The Morgan fingerprint density at radius 2 is 1.88 bits per heavy atom. The summed E-state index contributed by atoms with van der Waals surface area (Å²) >= 11 is 0. The first kappa shape index (κ1) is 29.0. The number of morpholine rings is 1. The Morgan fingerprint density at radius 3 is 2.52 bits per heavy atom. The van der Waals surface area contributed by atoms with Gasteiger partial charge in [0.2, 0.25) is 15.9 Å². The van der Waals surface area contributed by atoms with Crippen LogP contribution in [0.2, 0.25) is 0 Å². The van der Waals surface area contributed by atoms with Crippen LogP contribution in [0.4, 0.5) is 0 Å². The van der Waals surface area contributed by atoms with Crippen LogP contribution >= 0.6 is 0 Å². The average molecular weight is 570 g/mol. The maximum atomic E-state index is 13.3. The third-order valence-corrected chi connectivity index (χ3v) is 7.76. The van der Waals surface area contributed by atoms with Gasteiger partial charge >= 0.3 is 5.97 Å². The lowest BCUT2D eigenvalue weighted by molar-refractivity contribution is -0.133. The van der Waals surface area contributed by atoms with E-state index in [9.17, 15) is 28.2 Å². The van der Waals surface area contributed by atoms with Gasteiger partial charge in [0.05, 0.1) is 24.2 Å². The van der Waals surface area contributed by atoms with Crippen LogP contribution in [0.25, 0.3) is 11.1 Å². The zero-order valence-electron chi connectivity index (χ0n) is 22.0. The number of hydrogen-bond donors (Lipinski definition) is 5. The van der Waals surface area contributed by atoms with Crippen LogP contribution in [0.1, 0.15) is 40.0 Å². The van der Waals surface area contributed by atoms with Crippen LogP contribution in [-0.2, 0) is 26.1 Å². The van der Waals surface area contributed by atoms with Gasteiger partial charge in [-0.25, -0.2) is 18.4 Å². The Kier molecular flexibility index (Phi) is 8.45. The van der Waals surface area contributed by atoms with Crippen molar-refractivity contribution in [2.75, 3.05) is 19.8 Å². The summed E-state index contributed by atoms with van der Waals surface area (Å²) in [5, 5.41) is 37.7. The Balaban J connectivity index is 1.52. The van der Waals surface area contributed by atoms with Crippen LogP contribution in [0, 0.1) is 6.92 Å². The number of aryl methyl sites for hydroxylation is 1. The minimum atomic E-state index is -3.85. The molecule has 0 aliphatic carbocycles. The molecule has 0 aromatic heterocycles. The highest BCUT2D eigenvalue weighted by atomic mass is 32.2. The normalized spacial score (nSPS) is 16.8. The molecule has 0 bridgehead atoms. The lowest BCUT2D eigenvalue weighted by Gasteiger charge is -2.35. The number of phenols is 2. The first-order valence-electron chi connectivity index (χ1n) is 12.5. The molecule has 3 aromatic rings. The number of nitrogens with zero attached hydrogens (tertiary/aromatic N) is 1. The fourth-order valence-corrected chi connectivity index (χ4v) is 5.35. The minimum absolute atomic E-state index is 0.00133. The number of sulfonamides is 1. The summed E-state index contributed by atoms with van der Waals surface area (Å²) in [5.41, 5.74) is 3.14. The Bertz CT molecular complexity index is 1560. The number of nitrogens with one attached hydrogen (secondary N) is 1. The molecule has 1 heterocycles. The van der Waals surface area contributed by atoms with Crippen molar-refractivity contribution in [1.82, 2.24) is 10.2 Å². The topological polar surface area (TPSA) is 179 Å². The first-order valence-corrected chi connectivity index (χ1v) is 14.0. The third kappa shape index (κ3) is 6.59. The maximum Gasteiger partial charge on any atom is 0.339 e. The monoisotopic (exact) mass is 569 g/mol. The van der Waals surface area contributed by atoms with E-state index in [2.05, 4.69) is 5.32 Å². The van der Waals surface area contributed by atoms with Crippen LogP contribution in [-0.4, -0.2) is 66.3 Å². The van der Waals surface area contributed by atoms with Gasteiger partial charge in [-0.05, 0) is 84.1 Å². The fraction of sp³-hybridized carbons (Fsp3) is 0.286. The lowest BCUT2D eigenvalue weighted by atomic mass is 9.98. The molecule has 11 nitrogen and oxygen atoms in total. The molecule has 4 rings (SSSR count). The van der Waals surface area contributed by atoms with Gasteiger partial charge < -0.3 is 25.4 Å². The van der Waals surface area contributed by atoms with Crippen molar-refractivity contribution in [2.24, 2.45) is 5.14 Å². The maximum absolute atomic E-state index is 13.3. The second-order valence-electron chi connectivity index (χ2n) is 9.78.